The molecule has 0 radical (unpaired) electrons. The van der Waals surface area contributed by atoms with Crippen LogP contribution in [0.5, 0.6) is 0 Å². The average Bonchev–Trinajstić information content (AvgIpc) is 3.48. The summed E-state index contributed by atoms with van der Waals surface area (Å²) in [5, 5.41) is 16.5. The Morgan fingerprint density at radius 2 is 2.00 bits per heavy atom. The van der Waals surface area contributed by atoms with E-state index in [1.165, 1.54) is 23.9 Å². The molecule has 0 bridgehead atoms. The molecule has 4 rings (SSSR count). The summed E-state index contributed by atoms with van der Waals surface area (Å²) < 4.78 is 1.40. The first-order valence-electron chi connectivity index (χ1n) is 9.09. The van der Waals surface area contributed by atoms with Crippen LogP contribution < -0.4 is 15.8 Å². The van der Waals surface area contributed by atoms with E-state index in [0.29, 0.717) is 12.0 Å². The highest BCUT2D eigenvalue weighted by atomic mass is 16.1. The van der Waals surface area contributed by atoms with Gasteiger partial charge in [0, 0.05) is 38.2 Å². The fourth-order valence-corrected chi connectivity index (χ4v) is 3.41. The summed E-state index contributed by atoms with van der Waals surface area (Å²) in [5.74, 6) is 2.32. The van der Waals surface area contributed by atoms with Crippen molar-refractivity contribution in [2.75, 3.05) is 23.3 Å². The summed E-state index contributed by atoms with van der Waals surface area (Å²) in [7, 11) is 1.69. The summed E-state index contributed by atoms with van der Waals surface area (Å²) in [6.45, 7) is 1.76. The molecule has 2 fully saturated rings. The topological polar surface area (TPSA) is 75.9 Å². The van der Waals surface area contributed by atoms with Gasteiger partial charge in [0.1, 0.15) is 11.6 Å². The number of piperidine rings is 1. The van der Waals surface area contributed by atoms with Gasteiger partial charge in [0.2, 0.25) is 0 Å². The van der Waals surface area contributed by atoms with E-state index in [4.69, 9.17) is 0 Å². The van der Waals surface area contributed by atoms with E-state index in [-0.39, 0.29) is 5.56 Å². The van der Waals surface area contributed by atoms with Crippen LogP contribution in [-0.4, -0.2) is 39.1 Å². The van der Waals surface area contributed by atoms with Gasteiger partial charge in [-0.1, -0.05) is 0 Å². The zero-order valence-corrected chi connectivity index (χ0v) is 14.6. The number of nitrogens with zero attached hydrogens (tertiary/aromatic N) is 5. The maximum atomic E-state index is 11.6. The van der Waals surface area contributed by atoms with Crippen LogP contribution >= 0.6 is 0 Å². The molecule has 2 aromatic heterocycles. The molecule has 7 nitrogen and oxygen atoms in total. The second-order valence-electron chi connectivity index (χ2n) is 6.99. The lowest BCUT2D eigenvalue weighted by Gasteiger charge is -2.36. The second-order valence-corrected chi connectivity index (χ2v) is 6.99. The van der Waals surface area contributed by atoms with Crippen molar-refractivity contribution in [3.05, 3.63) is 40.3 Å². The van der Waals surface area contributed by atoms with E-state index < -0.39 is 0 Å². The van der Waals surface area contributed by atoms with Crippen molar-refractivity contribution < 1.29 is 0 Å². The molecular weight excluding hydrogens is 316 g/mol. The van der Waals surface area contributed by atoms with Crippen molar-refractivity contribution in [3.8, 4) is 0 Å². The number of nitrogens with one attached hydrogen (secondary N) is 1. The number of anilines is 2. The minimum Gasteiger partial charge on any atom is -0.367 e. The van der Waals surface area contributed by atoms with Crippen LogP contribution in [0.2, 0.25) is 0 Å². The molecule has 132 valence electrons. The summed E-state index contributed by atoms with van der Waals surface area (Å²) in [6, 6.07) is 7.86. The van der Waals surface area contributed by atoms with Crippen LogP contribution in [-0.2, 0) is 7.05 Å². The van der Waals surface area contributed by atoms with E-state index >= 15 is 0 Å². The Morgan fingerprint density at radius 3 is 2.72 bits per heavy atom. The SMILES string of the molecule is Cn1nc(N2CCCCC2CNc2ccc(C3CC3)nn2)ccc1=O. The van der Waals surface area contributed by atoms with Crippen LogP contribution in [0.4, 0.5) is 11.6 Å². The van der Waals surface area contributed by atoms with Gasteiger partial charge in [-0.05, 0) is 50.3 Å². The molecule has 1 aliphatic carbocycles. The molecule has 1 N–H and O–H groups in total. The zero-order chi connectivity index (χ0) is 17.2. The number of hydrogen-bond donors (Lipinski definition) is 1. The fraction of sp³-hybridized carbons (Fsp3) is 0.556. The van der Waals surface area contributed by atoms with Gasteiger partial charge in [0.05, 0.1) is 5.69 Å². The van der Waals surface area contributed by atoms with Crippen molar-refractivity contribution in [1.82, 2.24) is 20.0 Å². The zero-order valence-electron chi connectivity index (χ0n) is 14.6. The highest BCUT2D eigenvalue weighted by molar-refractivity contribution is 5.41. The van der Waals surface area contributed by atoms with Crippen molar-refractivity contribution in [2.24, 2.45) is 7.05 Å². The lowest BCUT2D eigenvalue weighted by Crippen LogP contribution is -2.45. The van der Waals surface area contributed by atoms with E-state index in [0.717, 1.165) is 43.3 Å². The molecule has 0 aromatic carbocycles. The molecule has 1 aliphatic heterocycles. The van der Waals surface area contributed by atoms with Gasteiger partial charge in [-0.15, -0.1) is 5.10 Å². The average molecular weight is 340 g/mol. The summed E-state index contributed by atoms with van der Waals surface area (Å²) >= 11 is 0. The quantitative estimate of drug-likeness (QED) is 0.896. The maximum absolute atomic E-state index is 11.6. The number of rotatable bonds is 5. The summed E-state index contributed by atoms with van der Waals surface area (Å²) in [6.07, 6.45) is 5.94. The van der Waals surface area contributed by atoms with Gasteiger partial charge in [-0.25, -0.2) is 4.68 Å². The Balaban J connectivity index is 1.43. The van der Waals surface area contributed by atoms with Gasteiger partial charge in [-0.3, -0.25) is 4.79 Å². The van der Waals surface area contributed by atoms with Crippen molar-refractivity contribution in [2.45, 2.75) is 44.1 Å². The monoisotopic (exact) mass is 340 g/mol. The molecule has 2 aromatic rings. The first-order valence-corrected chi connectivity index (χ1v) is 9.09. The van der Waals surface area contributed by atoms with E-state index in [1.807, 2.05) is 12.1 Å². The first kappa shape index (κ1) is 16.1. The van der Waals surface area contributed by atoms with Crippen LogP contribution in [0, 0.1) is 0 Å². The van der Waals surface area contributed by atoms with Gasteiger partial charge in [-0.2, -0.15) is 10.2 Å². The second kappa shape index (κ2) is 6.82. The lowest BCUT2D eigenvalue weighted by atomic mass is 10.0. The molecule has 7 heteroatoms. The van der Waals surface area contributed by atoms with E-state index in [1.54, 1.807) is 13.1 Å². The molecule has 25 heavy (non-hydrogen) atoms. The molecule has 3 heterocycles. The minimum absolute atomic E-state index is 0.0820. The molecule has 1 unspecified atom stereocenters. The first-order chi connectivity index (χ1) is 12.2. The number of aryl methyl sites for hydroxylation is 1. The van der Waals surface area contributed by atoms with E-state index in [2.05, 4.69) is 31.6 Å². The Kier molecular flexibility index (Phi) is 4.38. The van der Waals surface area contributed by atoms with Gasteiger partial charge < -0.3 is 10.2 Å². The third kappa shape index (κ3) is 3.65. The van der Waals surface area contributed by atoms with Crippen LogP contribution in [0.1, 0.15) is 43.7 Å². The third-order valence-electron chi connectivity index (χ3n) is 5.07. The summed E-state index contributed by atoms with van der Waals surface area (Å²) in [4.78, 5) is 13.9. The van der Waals surface area contributed by atoms with Crippen LogP contribution in [0.15, 0.2) is 29.1 Å². The Bertz CT molecular complexity index is 783. The Labute approximate surface area is 147 Å². The molecule has 0 spiro atoms. The molecule has 1 saturated carbocycles. The predicted octanol–water partition coefficient (Wildman–Crippen LogP) is 1.92. The maximum Gasteiger partial charge on any atom is 0.266 e. The van der Waals surface area contributed by atoms with Gasteiger partial charge in [0.25, 0.3) is 5.56 Å². The normalized spacial score (nSPS) is 20.5. The highest BCUT2D eigenvalue weighted by Crippen LogP contribution is 2.38. The molecular formula is C18H24N6O. The minimum atomic E-state index is -0.0820. The van der Waals surface area contributed by atoms with Crippen LogP contribution in [0.25, 0.3) is 0 Å². The highest BCUT2D eigenvalue weighted by Gasteiger charge is 2.26. The molecule has 1 saturated heterocycles. The standard InChI is InChI=1S/C18H24N6O/c1-23-18(25)10-9-17(22-23)24-11-3-2-4-14(24)12-19-16-8-7-15(20-21-16)13-5-6-13/h7-10,13-14H,2-6,11-12H2,1H3,(H,19,21). The largest absolute Gasteiger partial charge is 0.367 e. The van der Waals surface area contributed by atoms with Crippen LogP contribution in [0.3, 0.4) is 0 Å². The third-order valence-corrected chi connectivity index (χ3v) is 5.07. The summed E-state index contributed by atoms with van der Waals surface area (Å²) in [5.41, 5.74) is 1.03. The molecule has 0 amide bonds. The van der Waals surface area contributed by atoms with Gasteiger partial charge >= 0.3 is 0 Å². The van der Waals surface area contributed by atoms with E-state index in [9.17, 15) is 4.79 Å². The fourth-order valence-electron chi connectivity index (χ4n) is 3.41. The van der Waals surface area contributed by atoms with Crippen molar-refractivity contribution in [1.29, 1.82) is 0 Å². The number of hydrogen-bond acceptors (Lipinski definition) is 6. The lowest BCUT2D eigenvalue weighted by molar-refractivity contribution is 0.464. The van der Waals surface area contributed by atoms with Crippen molar-refractivity contribution in [3.63, 3.8) is 0 Å². The molecule has 2 aliphatic rings. The number of aromatic nitrogens is 4. The van der Waals surface area contributed by atoms with Crippen molar-refractivity contribution >= 4 is 11.6 Å². The Hall–Kier alpha value is -2.44. The molecule has 1 atom stereocenters. The smallest absolute Gasteiger partial charge is 0.266 e. The van der Waals surface area contributed by atoms with Gasteiger partial charge in [0.15, 0.2) is 0 Å². The predicted molar refractivity (Wildman–Crippen MR) is 97.0 cm³/mol. The Morgan fingerprint density at radius 1 is 1.12 bits per heavy atom.